The molecule has 1 aliphatic rings. The summed E-state index contributed by atoms with van der Waals surface area (Å²) < 4.78 is 1.92. The van der Waals surface area contributed by atoms with Crippen LogP contribution in [0.5, 0.6) is 0 Å². The van der Waals surface area contributed by atoms with Gasteiger partial charge in [-0.25, -0.2) is 4.98 Å². The maximum atomic E-state index is 6.37. The molecule has 4 nitrogen and oxygen atoms in total. The van der Waals surface area contributed by atoms with Crippen molar-refractivity contribution < 1.29 is 0 Å². The molecule has 2 heterocycles. The third kappa shape index (κ3) is 2.53. The van der Waals surface area contributed by atoms with Crippen molar-refractivity contribution in [1.82, 2.24) is 14.8 Å². The number of hydrogen-bond donors (Lipinski definition) is 1. The van der Waals surface area contributed by atoms with Crippen LogP contribution in [0.15, 0.2) is 35.5 Å². The van der Waals surface area contributed by atoms with E-state index in [1.807, 2.05) is 16.4 Å². The number of nitrogens with two attached hydrogens (primary N) is 1. The molecule has 19 heavy (non-hydrogen) atoms. The smallest absolute Gasteiger partial charge is 0.138 e. The fourth-order valence-corrected chi connectivity index (χ4v) is 3.82. The van der Waals surface area contributed by atoms with Crippen LogP contribution >= 0.6 is 11.8 Å². The van der Waals surface area contributed by atoms with E-state index in [1.54, 1.807) is 6.33 Å². The van der Waals surface area contributed by atoms with Gasteiger partial charge in [0.2, 0.25) is 0 Å². The van der Waals surface area contributed by atoms with E-state index < -0.39 is 0 Å². The molecule has 0 spiro atoms. The largest absolute Gasteiger partial charge is 0.326 e. The third-order valence-corrected chi connectivity index (χ3v) is 5.03. The van der Waals surface area contributed by atoms with Crippen LogP contribution < -0.4 is 5.73 Å². The molecule has 100 valence electrons. The van der Waals surface area contributed by atoms with Crippen molar-refractivity contribution in [1.29, 1.82) is 0 Å². The first kappa shape index (κ1) is 12.7. The second kappa shape index (κ2) is 5.35. The Morgan fingerprint density at radius 2 is 2.32 bits per heavy atom. The number of aryl methyl sites for hydroxylation is 1. The van der Waals surface area contributed by atoms with Crippen LogP contribution in [-0.4, -0.2) is 26.1 Å². The zero-order valence-electron chi connectivity index (χ0n) is 11.0. The monoisotopic (exact) mass is 274 g/mol. The first-order chi connectivity index (χ1) is 9.28. The van der Waals surface area contributed by atoms with E-state index in [2.05, 4.69) is 41.3 Å². The predicted molar refractivity (Wildman–Crippen MR) is 77.2 cm³/mol. The van der Waals surface area contributed by atoms with Gasteiger partial charge < -0.3 is 5.73 Å². The molecule has 5 heteroatoms. The molecule has 0 amide bonds. The lowest BCUT2D eigenvalue weighted by atomic mass is 10.0. The number of aromatic nitrogens is 3. The zero-order chi connectivity index (χ0) is 13.2. The van der Waals surface area contributed by atoms with E-state index in [1.165, 1.54) is 10.5 Å². The van der Waals surface area contributed by atoms with Crippen molar-refractivity contribution in [2.75, 3.05) is 0 Å². The number of nitrogens with zero attached hydrogens (tertiary/aromatic N) is 3. The zero-order valence-corrected chi connectivity index (χ0v) is 11.8. The fourth-order valence-electron chi connectivity index (χ4n) is 2.50. The summed E-state index contributed by atoms with van der Waals surface area (Å²) >= 11 is 1.90. The third-order valence-electron chi connectivity index (χ3n) is 3.56. The van der Waals surface area contributed by atoms with Crippen LogP contribution in [0.4, 0.5) is 0 Å². The standard InChI is InChI=1S/C14H18N4S/c1-2-18-14(16-9-17-18)8-11(15)13-7-10-5-3-4-6-12(10)19-13/h3-6,9,11,13H,2,7-8,15H2,1H3. The number of rotatable bonds is 4. The lowest BCUT2D eigenvalue weighted by Gasteiger charge is -2.17. The molecular weight excluding hydrogens is 256 g/mol. The first-order valence-electron chi connectivity index (χ1n) is 6.64. The average Bonchev–Trinajstić information content (AvgIpc) is 3.03. The number of hydrogen-bond acceptors (Lipinski definition) is 4. The highest BCUT2D eigenvalue weighted by Crippen LogP contribution is 2.38. The van der Waals surface area contributed by atoms with Crippen molar-refractivity contribution in [3.05, 3.63) is 42.0 Å². The normalized spacial score (nSPS) is 19.4. The van der Waals surface area contributed by atoms with Gasteiger partial charge >= 0.3 is 0 Å². The van der Waals surface area contributed by atoms with Crippen molar-refractivity contribution in [2.45, 2.75) is 42.5 Å². The van der Waals surface area contributed by atoms with Crippen LogP contribution in [-0.2, 0) is 19.4 Å². The highest BCUT2D eigenvalue weighted by molar-refractivity contribution is 8.00. The van der Waals surface area contributed by atoms with Crippen LogP contribution in [0.25, 0.3) is 0 Å². The molecule has 0 saturated heterocycles. The lowest BCUT2D eigenvalue weighted by Crippen LogP contribution is -2.35. The van der Waals surface area contributed by atoms with E-state index in [0.717, 1.165) is 25.2 Å². The van der Waals surface area contributed by atoms with Crippen molar-refractivity contribution in [3.8, 4) is 0 Å². The van der Waals surface area contributed by atoms with Gasteiger partial charge in [-0.1, -0.05) is 18.2 Å². The first-order valence-corrected chi connectivity index (χ1v) is 7.52. The summed E-state index contributed by atoms with van der Waals surface area (Å²) in [5.41, 5.74) is 7.79. The molecule has 0 saturated carbocycles. The molecular formula is C14H18N4S. The molecule has 2 atom stereocenters. The molecule has 1 aromatic carbocycles. The van der Waals surface area contributed by atoms with Crippen molar-refractivity contribution in [3.63, 3.8) is 0 Å². The van der Waals surface area contributed by atoms with Crippen LogP contribution in [0.1, 0.15) is 18.3 Å². The molecule has 2 aromatic rings. The molecule has 0 bridgehead atoms. The molecule has 0 radical (unpaired) electrons. The summed E-state index contributed by atoms with van der Waals surface area (Å²) in [6, 6.07) is 8.69. The SMILES string of the molecule is CCn1ncnc1CC(N)C1Cc2ccccc2S1. The Morgan fingerprint density at radius 3 is 3.11 bits per heavy atom. The van der Waals surface area contributed by atoms with Gasteiger partial charge in [-0.2, -0.15) is 5.10 Å². The maximum absolute atomic E-state index is 6.37. The van der Waals surface area contributed by atoms with Crippen molar-refractivity contribution in [2.24, 2.45) is 5.73 Å². The van der Waals surface area contributed by atoms with Gasteiger partial charge in [0.05, 0.1) is 0 Å². The van der Waals surface area contributed by atoms with Crippen LogP contribution in [0, 0.1) is 0 Å². The topological polar surface area (TPSA) is 56.7 Å². The quantitative estimate of drug-likeness (QED) is 0.925. The minimum absolute atomic E-state index is 0.117. The molecule has 2 unspecified atom stereocenters. The summed E-state index contributed by atoms with van der Waals surface area (Å²) in [4.78, 5) is 5.69. The Morgan fingerprint density at radius 1 is 1.47 bits per heavy atom. The van der Waals surface area contributed by atoms with Crippen LogP contribution in [0.3, 0.4) is 0 Å². The van der Waals surface area contributed by atoms with Crippen molar-refractivity contribution >= 4 is 11.8 Å². The van der Waals surface area contributed by atoms with Gasteiger partial charge in [0.25, 0.3) is 0 Å². The summed E-state index contributed by atoms with van der Waals surface area (Å²) in [5, 5.41) is 4.64. The summed E-state index contributed by atoms with van der Waals surface area (Å²) in [5.74, 6) is 0.992. The summed E-state index contributed by atoms with van der Waals surface area (Å²) in [6.07, 6.45) is 3.46. The van der Waals surface area contributed by atoms with E-state index in [4.69, 9.17) is 5.73 Å². The number of fused-ring (bicyclic) bond motifs is 1. The minimum Gasteiger partial charge on any atom is -0.326 e. The van der Waals surface area contributed by atoms with Gasteiger partial charge in [-0.3, -0.25) is 4.68 Å². The molecule has 1 aromatic heterocycles. The molecule has 1 aliphatic heterocycles. The Hall–Kier alpha value is -1.33. The average molecular weight is 274 g/mol. The number of thioether (sulfide) groups is 1. The Labute approximate surface area is 117 Å². The molecule has 3 rings (SSSR count). The summed E-state index contributed by atoms with van der Waals surface area (Å²) in [7, 11) is 0. The highest BCUT2D eigenvalue weighted by Gasteiger charge is 2.28. The molecule has 0 aliphatic carbocycles. The molecule has 2 N–H and O–H groups in total. The van der Waals surface area contributed by atoms with E-state index in [9.17, 15) is 0 Å². The van der Waals surface area contributed by atoms with Gasteiger partial charge in [-0.05, 0) is 25.0 Å². The second-order valence-corrected chi connectivity index (χ2v) is 6.11. The Balaban J connectivity index is 1.68. The van der Waals surface area contributed by atoms with Crippen LogP contribution in [0.2, 0.25) is 0 Å². The lowest BCUT2D eigenvalue weighted by molar-refractivity contribution is 0.557. The number of benzene rings is 1. The second-order valence-electron chi connectivity index (χ2n) is 4.83. The maximum Gasteiger partial charge on any atom is 0.138 e. The van der Waals surface area contributed by atoms with E-state index >= 15 is 0 Å². The van der Waals surface area contributed by atoms with Gasteiger partial charge in [0, 0.05) is 29.2 Å². The fraction of sp³-hybridized carbons (Fsp3) is 0.429. The van der Waals surface area contributed by atoms with Gasteiger partial charge in [0.1, 0.15) is 12.2 Å². The Bertz CT molecular complexity index is 541. The summed E-state index contributed by atoms with van der Waals surface area (Å²) in [6.45, 7) is 2.92. The van der Waals surface area contributed by atoms with E-state index in [0.29, 0.717) is 5.25 Å². The van der Waals surface area contributed by atoms with Gasteiger partial charge in [-0.15, -0.1) is 11.8 Å². The predicted octanol–water partition coefficient (Wildman–Crippen LogP) is 1.88. The molecule has 0 fully saturated rings. The highest BCUT2D eigenvalue weighted by atomic mass is 32.2. The minimum atomic E-state index is 0.117. The van der Waals surface area contributed by atoms with E-state index in [-0.39, 0.29) is 6.04 Å². The Kier molecular flexibility index (Phi) is 3.57. The van der Waals surface area contributed by atoms with Gasteiger partial charge in [0.15, 0.2) is 0 Å².